The summed E-state index contributed by atoms with van der Waals surface area (Å²) in [7, 11) is 0. The molecule has 1 heterocycles. The Morgan fingerprint density at radius 2 is 2.17 bits per heavy atom. The molecule has 0 aliphatic rings. The Balaban J connectivity index is 3.27. The highest BCUT2D eigenvalue weighted by Gasteiger charge is 2.03. The molecule has 0 saturated carbocycles. The first-order valence-electron chi connectivity index (χ1n) is 4.03. The zero-order valence-electron chi connectivity index (χ0n) is 7.68. The van der Waals surface area contributed by atoms with E-state index < -0.39 is 0 Å². The normalized spacial score (nSPS) is 9.92. The van der Waals surface area contributed by atoms with Crippen LogP contribution in [0.3, 0.4) is 0 Å². The third-order valence-corrected chi connectivity index (χ3v) is 2.01. The first kappa shape index (κ1) is 8.84. The number of hydrogen-bond donors (Lipinski definition) is 1. The molecule has 12 heavy (non-hydrogen) atoms. The lowest BCUT2D eigenvalue weighted by atomic mass is 10.1. The van der Waals surface area contributed by atoms with Crippen molar-refractivity contribution in [3.05, 3.63) is 22.9 Å². The predicted octanol–water partition coefficient (Wildman–Crippen LogP) is 2.92. The van der Waals surface area contributed by atoms with Crippen molar-refractivity contribution < 1.29 is 0 Å². The number of hydrogen-bond acceptors (Lipinski definition) is 3. The van der Waals surface area contributed by atoms with Crippen LogP contribution in [0, 0.1) is 19.4 Å². The second kappa shape index (κ2) is 3.43. The smallest absolute Gasteiger partial charge is 0.174 e. The van der Waals surface area contributed by atoms with E-state index in [4.69, 9.17) is 5.53 Å². The van der Waals surface area contributed by atoms with Gasteiger partial charge in [-0.1, -0.05) is 6.92 Å². The fourth-order valence-corrected chi connectivity index (χ4v) is 1.43. The van der Waals surface area contributed by atoms with Crippen LogP contribution in [0.1, 0.15) is 23.7 Å². The maximum absolute atomic E-state index is 6.83. The highest BCUT2D eigenvalue weighted by molar-refractivity contribution is 5.39. The van der Waals surface area contributed by atoms with Gasteiger partial charge in [-0.2, -0.15) is 0 Å². The van der Waals surface area contributed by atoms with Crippen molar-refractivity contribution in [2.24, 2.45) is 5.11 Å². The third kappa shape index (κ3) is 1.49. The molecule has 0 bridgehead atoms. The standard InChI is InChI=1S/C9H13N3/c1-4-8-6(2)5-9(12-10)11-7(8)3/h5,10H,4H2,1-3H3. The second-order valence-corrected chi connectivity index (χ2v) is 2.83. The molecular weight excluding hydrogens is 150 g/mol. The molecule has 1 aromatic rings. The van der Waals surface area contributed by atoms with Gasteiger partial charge in [0.25, 0.3) is 0 Å². The van der Waals surface area contributed by atoms with Crippen molar-refractivity contribution in [3.8, 4) is 0 Å². The number of nitrogens with zero attached hydrogens (tertiary/aromatic N) is 2. The fraction of sp³-hybridized carbons (Fsp3) is 0.444. The topological polar surface area (TPSA) is 49.1 Å². The molecule has 0 spiro atoms. The lowest BCUT2D eigenvalue weighted by molar-refractivity contribution is 0.994. The van der Waals surface area contributed by atoms with Crippen LogP contribution in [-0.4, -0.2) is 4.98 Å². The average Bonchev–Trinajstić information content (AvgIpc) is 2.03. The maximum atomic E-state index is 6.83. The fourth-order valence-electron chi connectivity index (χ4n) is 1.43. The van der Waals surface area contributed by atoms with Crippen LogP contribution < -0.4 is 0 Å². The molecule has 0 amide bonds. The predicted molar refractivity (Wildman–Crippen MR) is 47.9 cm³/mol. The Kier molecular flexibility index (Phi) is 2.53. The van der Waals surface area contributed by atoms with Gasteiger partial charge in [-0.3, -0.25) is 0 Å². The van der Waals surface area contributed by atoms with Crippen LogP contribution in [-0.2, 0) is 6.42 Å². The van der Waals surface area contributed by atoms with E-state index in [1.165, 1.54) is 11.1 Å². The molecular formula is C9H13N3. The van der Waals surface area contributed by atoms with Gasteiger partial charge in [0.2, 0.25) is 0 Å². The van der Waals surface area contributed by atoms with Gasteiger partial charge in [0.15, 0.2) is 5.82 Å². The Hall–Kier alpha value is -1.25. The van der Waals surface area contributed by atoms with Gasteiger partial charge in [-0.05, 0) is 37.5 Å². The van der Waals surface area contributed by atoms with Gasteiger partial charge in [-0.25, -0.2) is 10.5 Å². The lowest BCUT2D eigenvalue weighted by Gasteiger charge is -2.06. The molecule has 0 radical (unpaired) electrons. The van der Waals surface area contributed by atoms with Crippen molar-refractivity contribution in [1.82, 2.24) is 4.98 Å². The number of rotatable bonds is 2. The van der Waals surface area contributed by atoms with Crippen LogP contribution in [0.25, 0.3) is 0 Å². The Morgan fingerprint density at radius 1 is 1.50 bits per heavy atom. The van der Waals surface area contributed by atoms with Crippen molar-refractivity contribution in [1.29, 1.82) is 5.53 Å². The molecule has 0 unspecified atom stereocenters. The SMILES string of the molecule is CCc1c(C)cc(N=N)nc1C. The molecule has 1 N–H and O–H groups in total. The minimum atomic E-state index is 0.502. The van der Waals surface area contributed by atoms with E-state index >= 15 is 0 Å². The Labute approximate surface area is 72.3 Å². The quantitative estimate of drug-likeness (QED) is 0.669. The van der Waals surface area contributed by atoms with Crippen LogP contribution >= 0.6 is 0 Å². The van der Waals surface area contributed by atoms with Crippen LogP contribution in [0.15, 0.2) is 11.2 Å². The summed E-state index contributed by atoms with van der Waals surface area (Å²) in [5, 5.41) is 3.31. The summed E-state index contributed by atoms with van der Waals surface area (Å²) in [6.45, 7) is 6.09. The lowest BCUT2D eigenvalue weighted by Crippen LogP contribution is -1.94. The monoisotopic (exact) mass is 163 g/mol. The van der Waals surface area contributed by atoms with Gasteiger partial charge in [0, 0.05) is 5.69 Å². The highest BCUT2D eigenvalue weighted by atomic mass is 15.0. The van der Waals surface area contributed by atoms with E-state index in [1.807, 2.05) is 19.9 Å². The van der Waals surface area contributed by atoms with Gasteiger partial charge in [0.05, 0.1) is 0 Å². The van der Waals surface area contributed by atoms with E-state index in [0.717, 1.165) is 12.1 Å². The Bertz CT molecular complexity index is 282. The van der Waals surface area contributed by atoms with Gasteiger partial charge >= 0.3 is 0 Å². The van der Waals surface area contributed by atoms with Crippen molar-refractivity contribution in [2.45, 2.75) is 27.2 Å². The van der Waals surface area contributed by atoms with Gasteiger partial charge in [0.1, 0.15) is 0 Å². The minimum absolute atomic E-state index is 0.502. The molecule has 0 aliphatic heterocycles. The average molecular weight is 163 g/mol. The molecule has 3 heteroatoms. The van der Waals surface area contributed by atoms with Crippen molar-refractivity contribution in [2.75, 3.05) is 0 Å². The molecule has 1 aromatic heterocycles. The molecule has 0 aliphatic carbocycles. The molecule has 0 aromatic carbocycles. The summed E-state index contributed by atoms with van der Waals surface area (Å²) in [4.78, 5) is 4.17. The van der Waals surface area contributed by atoms with Crippen LogP contribution in [0.4, 0.5) is 5.82 Å². The van der Waals surface area contributed by atoms with E-state index in [0.29, 0.717) is 5.82 Å². The molecule has 0 saturated heterocycles. The van der Waals surface area contributed by atoms with Crippen molar-refractivity contribution in [3.63, 3.8) is 0 Å². The van der Waals surface area contributed by atoms with E-state index in [9.17, 15) is 0 Å². The zero-order valence-corrected chi connectivity index (χ0v) is 7.68. The van der Waals surface area contributed by atoms with E-state index in [2.05, 4.69) is 17.0 Å². The largest absolute Gasteiger partial charge is 0.232 e. The van der Waals surface area contributed by atoms with Crippen LogP contribution in [0.5, 0.6) is 0 Å². The summed E-state index contributed by atoms with van der Waals surface area (Å²) >= 11 is 0. The molecule has 1 rings (SSSR count). The van der Waals surface area contributed by atoms with Crippen LogP contribution in [0.2, 0.25) is 0 Å². The minimum Gasteiger partial charge on any atom is -0.232 e. The summed E-state index contributed by atoms with van der Waals surface area (Å²) in [6, 6.07) is 1.85. The summed E-state index contributed by atoms with van der Waals surface area (Å²) in [6.07, 6.45) is 0.989. The number of pyridine rings is 1. The van der Waals surface area contributed by atoms with Gasteiger partial charge in [-0.15, -0.1) is 5.11 Å². The molecule has 3 nitrogen and oxygen atoms in total. The zero-order chi connectivity index (χ0) is 9.14. The summed E-state index contributed by atoms with van der Waals surface area (Å²) in [5.74, 6) is 0.502. The number of aryl methyl sites for hydroxylation is 2. The first-order chi connectivity index (χ1) is 5.69. The van der Waals surface area contributed by atoms with E-state index in [-0.39, 0.29) is 0 Å². The first-order valence-corrected chi connectivity index (χ1v) is 4.03. The summed E-state index contributed by atoms with van der Waals surface area (Å²) in [5.41, 5.74) is 10.3. The highest BCUT2D eigenvalue weighted by Crippen LogP contribution is 2.18. The number of aromatic nitrogens is 1. The molecule has 0 fully saturated rings. The van der Waals surface area contributed by atoms with Gasteiger partial charge < -0.3 is 0 Å². The third-order valence-electron chi connectivity index (χ3n) is 2.01. The van der Waals surface area contributed by atoms with E-state index in [1.54, 1.807) is 0 Å². The summed E-state index contributed by atoms with van der Waals surface area (Å²) < 4.78 is 0. The second-order valence-electron chi connectivity index (χ2n) is 2.83. The molecule has 0 atom stereocenters. The maximum Gasteiger partial charge on any atom is 0.174 e. The Morgan fingerprint density at radius 3 is 2.58 bits per heavy atom. The number of nitrogens with one attached hydrogen (secondary N) is 1. The van der Waals surface area contributed by atoms with Crippen molar-refractivity contribution >= 4 is 5.82 Å². The molecule has 64 valence electrons.